The summed E-state index contributed by atoms with van der Waals surface area (Å²) in [5, 5.41) is 5.47. The minimum atomic E-state index is -0.980. The maximum atomic E-state index is 13.3. The van der Waals surface area contributed by atoms with Gasteiger partial charge in [0.15, 0.2) is 0 Å². The van der Waals surface area contributed by atoms with E-state index in [-0.39, 0.29) is 30.7 Å². The van der Waals surface area contributed by atoms with E-state index in [1.54, 1.807) is 18.2 Å². The standard InChI is InChI=1S/C22H22F2N4O3/c23-16-6-4-15(5-7-16)13-28-20(30)22(26-21(28)31)8-10-27(11-9-22)14-19(29)25-18-3-1-2-17(24)12-18/h1-7,12H,8-11,13-14H2,(H,25,29)(H,26,31). The van der Waals surface area contributed by atoms with Gasteiger partial charge in [-0.05, 0) is 48.7 Å². The van der Waals surface area contributed by atoms with E-state index in [0.717, 1.165) is 4.90 Å². The molecule has 0 aromatic heterocycles. The minimum Gasteiger partial charge on any atom is -0.325 e. The second kappa shape index (κ2) is 8.43. The van der Waals surface area contributed by atoms with Gasteiger partial charge >= 0.3 is 6.03 Å². The van der Waals surface area contributed by atoms with E-state index in [1.165, 1.54) is 30.3 Å². The van der Waals surface area contributed by atoms with Crippen molar-refractivity contribution in [2.75, 3.05) is 25.0 Å². The third kappa shape index (κ3) is 4.56. The Morgan fingerprint density at radius 3 is 2.42 bits per heavy atom. The number of nitrogens with one attached hydrogen (secondary N) is 2. The van der Waals surface area contributed by atoms with Crippen LogP contribution in [0.25, 0.3) is 0 Å². The van der Waals surface area contributed by atoms with Crippen molar-refractivity contribution in [3.63, 3.8) is 0 Å². The summed E-state index contributed by atoms with van der Waals surface area (Å²) in [6.45, 7) is 1.08. The molecular formula is C22H22F2N4O3. The summed E-state index contributed by atoms with van der Waals surface area (Å²) in [6, 6.07) is 10.9. The third-order valence-electron chi connectivity index (χ3n) is 5.69. The molecule has 0 radical (unpaired) electrons. The quantitative estimate of drug-likeness (QED) is 0.717. The van der Waals surface area contributed by atoms with Crippen LogP contribution in [0.3, 0.4) is 0 Å². The topological polar surface area (TPSA) is 81.8 Å². The molecule has 2 saturated heterocycles. The fraction of sp³-hybridized carbons (Fsp3) is 0.318. The molecule has 2 aliphatic rings. The number of carbonyl (C=O) groups is 3. The maximum Gasteiger partial charge on any atom is 0.325 e. The summed E-state index contributed by atoms with van der Waals surface area (Å²) in [5.74, 6) is -1.39. The molecule has 9 heteroatoms. The number of amides is 4. The highest BCUT2D eigenvalue weighted by Crippen LogP contribution is 2.30. The van der Waals surface area contributed by atoms with Crippen LogP contribution in [0.2, 0.25) is 0 Å². The number of hydrogen-bond donors (Lipinski definition) is 2. The van der Waals surface area contributed by atoms with Crippen LogP contribution in [0.4, 0.5) is 19.3 Å². The van der Waals surface area contributed by atoms with Crippen molar-refractivity contribution in [3.8, 4) is 0 Å². The normalized spacial score (nSPS) is 18.3. The number of imide groups is 1. The fourth-order valence-corrected chi connectivity index (χ4v) is 3.99. The highest BCUT2D eigenvalue weighted by Gasteiger charge is 2.52. The van der Waals surface area contributed by atoms with Crippen molar-refractivity contribution >= 4 is 23.5 Å². The van der Waals surface area contributed by atoms with Gasteiger partial charge in [-0.3, -0.25) is 19.4 Å². The van der Waals surface area contributed by atoms with Gasteiger partial charge in [0.2, 0.25) is 5.91 Å². The van der Waals surface area contributed by atoms with Crippen molar-refractivity contribution in [1.29, 1.82) is 0 Å². The van der Waals surface area contributed by atoms with Crippen LogP contribution in [0.15, 0.2) is 48.5 Å². The zero-order valence-corrected chi connectivity index (χ0v) is 16.7. The summed E-state index contributed by atoms with van der Waals surface area (Å²) in [7, 11) is 0. The fourth-order valence-electron chi connectivity index (χ4n) is 3.99. The van der Waals surface area contributed by atoms with Crippen LogP contribution in [-0.2, 0) is 16.1 Å². The highest BCUT2D eigenvalue weighted by atomic mass is 19.1. The van der Waals surface area contributed by atoms with E-state index >= 15 is 0 Å². The number of carbonyl (C=O) groups excluding carboxylic acids is 3. The number of nitrogens with zero attached hydrogens (tertiary/aromatic N) is 2. The van der Waals surface area contributed by atoms with E-state index in [1.807, 2.05) is 4.90 Å². The monoisotopic (exact) mass is 428 g/mol. The second-order valence-electron chi connectivity index (χ2n) is 7.86. The summed E-state index contributed by atoms with van der Waals surface area (Å²) in [6.07, 6.45) is 0.759. The van der Waals surface area contributed by atoms with Crippen molar-refractivity contribution < 1.29 is 23.2 Å². The Morgan fingerprint density at radius 2 is 1.74 bits per heavy atom. The lowest BCUT2D eigenvalue weighted by Crippen LogP contribution is -2.55. The van der Waals surface area contributed by atoms with Crippen LogP contribution >= 0.6 is 0 Å². The van der Waals surface area contributed by atoms with Crippen LogP contribution < -0.4 is 10.6 Å². The van der Waals surface area contributed by atoms with Gasteiger partial charge in [0.25, 0.3) is 5.91 Å². The van der Waals surface area contributed by atoms with Crippen LogP contribution in [0, 0.1) is 11.6 Å². The molecule has 2 fully saturated rings. The van der Waals surface area contributed by atoms with Gasteiger partial charge in [0, 0.05) is 18.8 Å². The summed E-state index contributed by atoms with van der Waals surface area (Å²) in [4.78, 5) is 40.7. The predicted octanol–water partition coefficient (Wildman–Crippen LogP) is 2.49. The Kier molecular flexibility index (Phi) is 5.69. The van der Waals surface area contributed by atoms with E-state index in [4.69, 9.17) is 0 Å². The molecule has 4 rings (SSSR count). The zero-order valence-electron chi connectivity index (χ0n) is 16.7. The van der Waals surface area contributed by atoms with Gasteiger partial charge in [-0.15, -0.1) is 0 Å². The molecular weight excluding hydrogens is 406 g/mol. The van der Waals surface area contributed by atoms with Gasteiger partial charge in [-0.2, -0.15) is 0 Å². The molecule has 2 aliphatic heterocycles. The highest BCUT2D eigenvalue weighted by molar-refractivity contribution is 6.07. The lowest BCUT2D eigenvalue weighted by atomic mass is 9.87. The van der Waals surface area contributed by atoms with Gasteiger partial charge in [-0.1, -0.05) is 18.2 Å². The van der Waals surface area contributed by atoms with Crippen molar-refractivity contribution in [2.45, 2.75) is 24.9 Å². The molecule has 31 heavy (non-hydrogen) atoms. The Hall–Kier alpha value is -3.33. The van der Waals surface area contributed by atoms with Crippen molar-refractivity contribution in [1.82, 2.24) is 15.1 Å². The lowest BCUT2D eigenvalue weighted by Gasteiger charge is -2.36. The number of urea groups is 1. The maximum absolute atomic E-state index is 13.3. The van der Waals surface area contributed by atoms with E-state index < -0.39 is 17.4 Å². The number of rotatable bonds is 5. The summed E-state index contributed by atoms with van der Waals surface area (Å²) >= 11 is 0. The first-order valence-electron chi connectivity index (χ1n) is 10.0. The smallest absolute Gasteiger partial charge is 0.325 e. The molecule has 1 spiro atoms. The molecule has 0 atom stereocenters. The van der Waals surface area contributed by atoms with Gasteiger partial charge in [0.1, 0.15) is 17.2 Å². The van der Waals surface area contributed by atoms with Gasteiger partial charge in [-0.25, -0.2) is 13.6 Å². The van der Waals surface area contributed by atoms with Crippen LogP contribution in [0.5, 0.6) is 0 Å². The molecule has 2 aromatic carbocycles. The predicted molar refractivity (Wildman–Crippen MR) is 109 cm³/mol. The summed E-state index contributed by atoms with van der Waals surface area (Å²) < 4.78 is 26.3. The van der Waals surface area contributed by atoms with Crippen LogP contribution in [-0.4, -0.2) is 52.8 Å². The van der Waals surface area contributed by atoms with Crippen molar-refractivity contribution in [3.05, 3.63) is 65.7 Å². The number of hydrogen-bond acceptors (Lipinski definition) is 4. The Balaban J connectivity index is 1.33. The lowest BCUT2D eigenvalue weighted by molar-refractivity contribution is -0.133. The molecule has 0 unspecified atom stereocenters. The van der Waals surface area contributed by atoms with Crippen molar-refractivity contribution in [2.24, 2.45) is 0 Å². The zero-order chi connectivity index (χ0) is 22.0. The Bertz CT molecular complexity index is 1000. The van der Waals surface area contributed by atoms with E-state index in [2.05, 4.69) is 10.6 Å². The number of halogens is 2. The first-order valence-corrected chi connectivity index (χ1v) is 10.0. The minimum absolute atomic E-state index is 0.0758. The molecule has 2 aromatic rings. The number of piperidine rings is 1. The molecule has 162 valence electrons. The molecule has 0 aliphatic carbocycles. The molecule has 0 saturated carbocycles. The average Bonchev–Trinajstić information content (AvgIpc) is 2.95. The SMILES string of the molecule is O=C(CN1CCC2(CC1)NC(=O)N(Cc1ccc(F)cc1)C2=O)Nc1cccc(F)c1. The number of likely N-dealkylation sites (tertiary alicyclic amines) is 1. The molecule has 2 N–H and O–H groups in total. The second-order valence-corrected chi connectivity index (χ2v) is 7.86. The first-order chi connectivity index (χ1) is 14.8. The Morgan fingerprint density at radius 1 is 1.03 bits per heavy atom. The Labute approximate surface area is 178 Å². The first kappa shape index (κ1) is 20.9. The third-order valence-corrected chi connectivity index (χ3v) is 5.69. The van der Waals surface area contributed by atoms with Gasteiger partial charge in [0.05, 0.1) is 13.1 Å². The molecule has 0 bridgehead atoms. The molecule has 4 amide bonds. The van der Waals surface area contributed by atoms with Gasteiger partial charge < -0.3 is 10.6 Å². The number of benzene rings is 2. The van der Waals surface area contributed by atoms with E-state index in [9.17, 15) is 23.2 Å². The molecule has 2 heterocycles. The largest absolute Gasteiger partial charge is 0.325 e. The van der Waals surface area contributed by atoms with Crippen LogP contribution in [0.1, 0.15) is 18.4 Å². The average molecular weight is 428 g/mol. The summed E-state index contributed by atoms with van der Waals surface area (Å²) in [5.41, 5.74) is 0.0636. The molecule has 7 nitrogen and oxygen atoms in total. The number of anilines is 1. The van der Waals surface area contributed by atoms with E-state index in [0.29, 0.717) is 37.2 Å².